The third kappa shape index (κ3) is 3.31. The van der Waals surface area contributed by atoms with Gasteiger partial charge in [0, 0.05) is 0 Å². The summed E-state index contributed by atoms with van der Waals surface area (Å²) in [6.07, 6.45) is 14.6. The van der Waals surface area contributed by atoms with Crippen LogP contribution in [0.3, 0.4) is 0 Å². The van der Waals surface area contributed by atoms with Crippen molar-refractivity contribution < 1.29 is 0 Å². The third-order valence-corrected chi connectivity index (χ3v) is 13.3. The molecule has 2 aromatic rings. The van der Waals surface area contributed by atoms with Gasteiger partial charge in [0.25, 0.3) is 0 Å². The Kier molecular flexibility index (Phi) is 5.57. The van der Waals surface area contributed by atoms with Crippen LogP contribution in [0.25, 0.3) is 0 Å². The first kappa shape index (κ1) is 17.3. The average molecular weight is 353 g/mol. The first-order valence-electron chi connectivity index (χ1n) is 10.5. The summed E-state index contributed by atoms with van der Waals surface area (Å²) in [6, 6.07) is 23.6. The van der Waals surface area contributed by atoms with Gasteiger partial charge in [0.05, 0.1) is 0 Å². The maximum absolute atomic E-state index is 2.49. The SMILES string of the molecule is c1ccc([PH](c2ccccc2)(C2CCCCC2)C2CCCCC2)cc1. The maximum atomic E-state index is 2.49. The van der Waals surface area contributed by atoms with Crippen LogP contribution in [0.15, 0.2) is 60.7 Å². The standard InChI is InChI=1S/C24H33P/c1-5-13-21(14-6-1)25(22-15-7-2-8-16-22,23-17-9-3-10-18-23)24-19-11-4-12-20-24/h1-2,5-8,13-16,23-25H,3-4,9-12,17-20H2. The van der Waals surface area contributed by atoms with Gasteiger partial charge in [-0.2, -0.15) is 0 Å². The first-order chi connectivity index (χ1) is 12.4. The molecule has 0 nitrogen and oxygen atoms in total. The normalized spacial score (nSPS) is 21.1. The monoisotopic (exact) mass is 352 g/mol. The van der Waals surface area contributed by atoms with E-state index in [1.165, 1.54) is 64.2 Å². The van der Waals surface area contributed by atoms with Gasteiger partial charge in [-0.05, 0) is 0 Å². The van der Waals surface area contributed by atoms with Crippen molar-refractivity contribution in [3.05, 3.63) is 60.7 Å². The summed E-state index contributed by atoms with van der Waals surface area (Å²) in [6.45, 7) is 0. The van der Waals surface area contributed by atoms with E-state index in [0.29, 0.717) is 0 Å². The van der Waals surface area contributed by atoms with E-state index in [0.717, 1.165) is 11.3 Å². The van der Waals surface area contributed by atoms with Crippen LogP contribution in [0.1, 0.15) is 64.2 Å². The van der Waals surface area contributed by atoms with Gasteiger partial charge in [-0.25, -0.2) is 0 Å². The third-order valence-electron chi connectivity index (χ3n) is 7.00. The van der Waals surface area contributed by atoms with Gasteiger partial charge in [0.1, 0.15) is 0 Å². The molecule has 0 aliphatic heterocycles. The molecule has 0 aromatic heterocycles. The Bertz CT molecular complexity index is 577. The van der Waals surface area contributed by atoms with Crippen LogP contribution in [0, 0.1) is 0 Å². The molecule has 2 fully saturated rings. The Morgan fingerprint density at radius 1 is 0.480 bits per heavy atom. The molecule has 0 radical (unpaired) electrons. The second-order valence-corrected chi connectivity index (χ2v) is 12.8. The minimum absolute atomic E-state index is 0.939. The summed E-state index contributed by atoms with van der Waals surface area (Å²) in [5.41, 5.74) is 1.88. The number of rotatable bonds is 4. The number of hydrogen-bond donors (Lipinski definition) is 0. The van der Waals surface area contributed by atoms with E-state index in [9.17, 15) is 0 Å². The van der Waals surface area contributed by atoms with Crippen LogP contribution in [-0.2, 0) is 0 Å². The van der Waals surface area contributed by atoms with E-state index < -0.39 is 7.26 Å². The summed E-state index contributed by atoms with van der Waals surface area (Å²) in [5.74, 6) is 0. The van der Waals surface area contributed by atoms with Crippen LogP contribution in [-0.4, -0.2) is 11.3 Å². The zero-order valence-electron chi connectivity index (χ0n) is 15.5. The quantitative estimate of drug-likeness (QED) is 0.587. The topological polar surface area (TPSA) is 0 Å². The van der Waals surface area contributed by atoms with Crippen LogP contribution in [0.2, 0.25) is 0 Å². The van der Waals surface area contributed by atoms with Gasteiger partial charge >= 0.3 is 154 Å². The molecule has 0 heterocycles. The van der Waals surface area contributed by atoms with Crippen molar-refractivity contribution in [2.24, 2.45) is 0 Å². The molecule has 2 aliphatic carbocycles. The summed E-state index contributed by atoms with van der Waals surface area (Å²) in [4.78, 5) is 0. The number of hydrogen-bond acceptors (Lipinski definition) is 0. The second kappa shape index (κ2) is 8.05. The summed E-state index contributed by atoms with van der Waals surface area (Å²) < 4.78 is 0. The zero-order chi connectivity index (χ0) is 17.0. The van der Waals surface area contributed by atoms with Crippen LogP contribution < -0.4 is 10.6 Å². The Labute approximate surface area is 154 Å². The van der Waals surface area contributed by atoms with Gasteiger partial charge < -0.3 is 0 Å². The predicted octanol–water partition coefficient (Wildman–Crippen LogP) is 6.05. The van der Waals surface area contributed by atoms with Gasteiger partial charge in [-0.1, -0.05) is 0 Å². The van der Waals surface area contributed by atoms with Crippen LogP contribution in [0.4, 0.5) is 0 Å². The van der Waals surface area contributed by atoms with Crippen molar-refractivity contribution >= 4 is 17.9 Å². The molecule has 2 aliphatic rings. The zero-order valence-corrected chi connectivity index (χ0v) is 16.5. The molecule has 2 aromatic carbocycles. The molecular weight excluding hydrogens is 319 g/mol. The predicted molar refractivity (Wildman–Crippen MR) is 114 cm³/mol. The van der Waals surface area contributed by atoms with E-state index in [4.69, 9.17) is 0 Å². The molecule has 0 atom stereocenters. The van der Waals surface area contributed by atoms with Gasteiger partial charge in [0.2, 0.25) is 0 Å². The molecule has 0 N–H and O–H groups in total. The summed E-state index contributed by atoms with van der Waals surface area (Å²) in [5, 5.41) is 3.44. The van der Waals surface area contributed by atoms with E-state index in [2.05, 4.69) is 60.7 Å². The van der Waals surface area contributed by atoms with Crippen molar-refractivity contribution in [1.82, 2.24) is 0 Å². The Morgan fingerprint density at radius 3 is 1.20 bits per heavy atom. The molecule has 0 bridgehead atoms. The van der Waals surface area contributed by atoms with Gasteiger partial charge in [0.15, 0.2) is 0 Å². The fourth-order valence-electron chi connectivity index (χ4n) is 5.99. The molecule has 0 spiro atoms. The van der Waals surface area contributed by atoms with Gasteiger partial charge in [-0.3, -0.25) is 0 Å². The van der Waals surface area contributed by atoms with Gasteiger partial charge in [-0.15, -0.1) is 0 Å². The Balaban J connectivity index is 1.89. The molecule has 0 saturated heterocycles. The van der Waals surface area contributed by atoms with Crippen molar-refractivity contribution in [3.8, 4) is 0 Å². The fraction of sp³-hybridized carbons (Fsp3) is 0.500. The fourth-order valence-corrected chi connectivity index (χ4v) is 13.0. The van der Waals surface area contributed by atoms with E-state index in [1.54, 1.807) is 10.6 Å². The first-order valence-corrected chi connectivity index (χ1v) is 12.7. The molecule has 0 unspecified atom stereocenters. The Hall–Kier alpha value is -1.13. The average Bonchev–Trinajstić information content (AvgIpc) is 2.72. The molecule has 0 amide bonds. The molecule has 4 rings (SSSR count). The number of benzene rings is 2. The minimum atomic E-state index is -1.75. The van der Waals surface area contributed by atoms with Crippen molar-refractivity contribution in [2.45, 2.75) is 75.5 Å². The van der Waals surface area contributed by atoms with E-state index in [1.807, 2.05) is 0 Å². The molecule has 134 valence electrons. The summed E-state index contributed by atoms with van der Waals surface area (Å²) >= 11 is 0. The Morgan fingerprint density at radius 2 is 0.840 bits per heavy atom. The van der Waals surface area contributed by atoms with E-state index >= 15 is 0 Å². The molecule has 25 heavy (non-hydrogen) atoms. The molecule has 1 heteroatoms. The van der Waals surface area contributed by atoms with E-state index in [-0.39, 0.29) is 0 Å². The molecule has 2 saturated carbocycles. The van der Waals surface area contributed by atoms with Crippen molar-refractivity contribution in [1.29, 1.82) is 0 Å². The van der Waals surface area contributed by atoms with Crippen molar-refractivity contribution in [2.75, 3.05) is 0 Å². The van der Waals surface area contributed by atoms with Crippen LogP contribution >= 0.6 is 7.26 Å². The van der Waals surface area contributed by atoms with Crippen molar-refractivity contribution in [3.63, 3.8) is 0 Å². The molecular formula is C24H33P. The summed E-state index contributed by atoms with van der Waals surface area (Å²) in [7, 11) is -1.75. The van der Waals surface area contributed by atoms with Crippen LogP contribution in [0.5, 0.6) is 0 Å². The second-order valence-electron chi connectivity index (χ2n) is 8.27.